The van der Waals surface area contributed by atoms with Crippen molar-refractivity contribution in [3.05, 3.63) is 192 Å². The molecule has 0 saturated heterocycles. The zero-order valence-electron chi connectivity index (χ0n) is 28.5. The van der Waals surface area contributed by atoms with Crippen LogP contribution in [0.3, 0.4) is 0 Å². The molecule has 0 atom stereocenters. The van der Waals surface area contributed by atoms with Crippen molar-refractivity contribution >= 4 is 22.1 Å². The molecule has 0 spiro atoms. The Morgan fingerprint density at radius 1 is 0.392 bits per heavy atom. The number of hydrogen-bond donors (Lipinski definition) is 0. The summed E-state index contributed by atoms with van der Waals surface area (Å²) in [5.41, 5.74) is 15.6. The lowest BCUT2D eigenvalue weighted by Crippen LogP contribution is -2.29. The third-order valence-corrected chi connectivity index (χ3v) is 10.8. The first-order chi connectivity index (χ1) is 25.1. The van der Waals surface area contributed by atoms with E-state index >= 15 is 0 Å². The number of nitrogens with zero attached hydrogens (tertiary/aromatic N) is 4. The number of hydrogen-bond acceptors (Lipinski definition) is 2. The largest absolute Gasteiger partial charge is 0.327 e. The van der Waals surface area contributed by atoms with E-state index in [1.807, 2.05) is 0 Å². The maximum absolute atomic E-state index is 5.21. The van der Waals surface area contributed by atoms with E-state index < -0.39 is 5.41 Å². The summed E-state index contributed by atoms with van der Waals surface area (Å²) in [6.07, 6.45) is 0. The van der Waals surface area contributed by atoms with Crippen molar-refractivity contribution in [3.8, 4) is 45.0 Å². The Kier molecular flexibility index (Phi) is 6.49. The van der Waals surface area contributed by atoms with Gasteiger partial charge in [0.2, 0.25) is 0 Å². The molecule has 1 aliphatic rings. The van der Waals surface area contributed by atoms with Crippen LogP contribution in [0.25, 0.3) is 67.1 Å². The van der Waals surface area contributed by atoms with E-state index in [9.17, 15) is 0 Å². The zero-order chi connectivity index (χ0) is 34.1. The van der Waals surface area contributed by atoms with Crippen LogP contribution in [0.5, 0.6) is 0 Å². The highest BCUT2D eigenvalue weighted by Gasteiger charge is 2.46. The normalized spacial score (nSPS) is 13.1. The lowest BCUT2D eigenvalue weighted by Gasteiger charge is -2.35. The van der Waals surface area contributed by atoms with Crippen molar-refractivity contribution in [1.82, 2.24) is 19.1 Å². The summed E-state index contributed by atoms with van der Waals surface area (Å²) in [6.45, 7) is 0. The molecule has 0 amide bonds. The summed E-state index contributed by atoms with van der Waals surface area (Å²) in [7, 11) is 4.23. The summed E-state index contributed by atoms with van der Waals surface area (Å²) in [5.74, 6) is 1.89. The van der Waals surface area contributed by atoms with Crippen molar-refractivity contribution in [2.24, 2.45) is 14.1 Å². The number of para-hydroxylation sites is 4. The molecule has 10 rings (SSSR count). The molecule has 0 fully saturated rings. The Labute approximate surface area is 297 Å². The van der Waals surface area contributed by atoms with Crippen LogP contribution >= 0.6 is 0 Å². The Balaban J connectivity index is 1.31. The van der Waals surface area contributed by atoms with Crippen molar-refractivity contribution in [2.45, 2.75) is 5.41 Å². The van der Waals surface area contributed by atoms with E-state index in [0.29, 0.717) is 0 Å². The average molecular weight is 655 g/mol. The topological polar surface area (TPSA) is 35.6 Å². The summed E-state index contributed by atoms with van der Waals surface area (Å²) < 4.78 is 4.43. The molecule has 0 saturated carbocycles. The Bertz CT molecular complexity index is 2740. The molecule has 4 nitrogen and oxygen atoms in total. The molecule has 242 valence electrons. The highest BCUT2D eigenvalue weighted by molar-refractivity contribution is 5.89. The molecule has 51 heavy (non-hydrogen) atoms. The second-order valence-corrected chi connectivity index (χ2v) is 13.6. The van der Waals surface area contributed by atoms with E-state index in [4.69, 9.17) is 9.97 Å². The number of imidazole rings is 2. The van der Waals surface area contributed by atoms with Crippen LogP contribution in [-0.4, -0.2) is 19.1 Å². The third kappa shape index (κ3) is 4.33. The van der Waals surface area contributed by atoms with Gasteiger partial charge in [-0.3, -0.25) is 0 Å². The van der Waals surface area contributed by atoms with E-state index in [2.05, 4.69) is 193 Å². The minimum atomic E-state index is -0.613. The van der Waals surface area contributed by atoms with Gasteiger partial charge in [0.05, 0.1) is 27.5 Å². The first kappa shape index (κ1) is 29.4. The monoisotopic (exact) mass is 654 g/mol. The van der Waals surface area contributed by atoms with Gasteiger partial charge < -0.3 is 9.13 Å². The summed E-state index contributed by atoms with van der Waals surface area (Å²) >= 11 is 0. The first-order valence-electron chi connectivity index (χ1n) is 17.5. The Morgan fingerprint density at radius 3 is 1.51 bits per heavy atom. The first-order valence-corrected chi connectivity index (χ1v) is 17.5. The predicted octanol–water partition coefficient (Wildman–Crippen LogP) is 10.8. The Hall–Kier alpha value is -6.52. The van der Waals surface area contributed by atoms with Crippen LogP contribution < -0.4 is 0 Å². The van der Waals surface area contributed by atoms with Gasteiger partial charge >= 0.3 is 0 Å². The number of fused-ring (bicyclic) bond motifs is 5. The van der Waals surface area contributed by atoms with Crippen molar-refractivity contribution in [3.63, 3.8) is 0 Å². The highest BCUT2D eigenvalue weighted by atomic mass is 15.1. The van der Waals surface area contributed by atoms with Crippen LogP contribution in [0.15, 0.2) is 170 Å². The molecular weight excluding hydrogens is 621 g/mol. The van der Waals surface area contributed by atoms with Gasteiger partial charge in [-0.1, -0.05) is 121 Å². The van der Waals surface area contributed by atoms with Crippen LogP contribution in [0.2, 0.25) is 0 Å². The fourth-order valence-electron chi connectivity index (χ4n) is 8.49. The van der Waals surface area contributed by atoms with Gasteiger partial charge in [0.1, 0.15) is 11.6 Å². The summed E-state index contributed by atoms with van der Waals surface area (Å²) in [4.78, 5) is 10.3. The second kappa shape index (κ2) is 11.3. The van der Waals surface area contributed by atoms with Gasteiger partial charge in [-0.25, -0.2) is 9.97 Å². The molecule has 0 aliphatic heterocycles. The third-order valence-electron chi connectivity index (χ3n) is 10.8. The molecular formula is C47H34N4. The van der Waals surface area contributed by atoms with Crippen LogP contribution in [0, 0.1) is 0 Å². The number of rotatable bonds is 5. The minimum Gasteiger partial charge on any atom is -0.327 e. The molecule has 0 N–H and O–H groups in total. The van der Waals surface area contributed by atoms with Gasteiger partial charge in [-0.15, -0.1) is 0 Å². The molecule has 1 aliphatic carbocycles. The van der Waals surface area contributed by atoms with E-state index in [1.54, 1.807) is 0 Å². The fourth-order valence-corrected chi connectivity index (χ4v) is 8.49. The van der Waals surface area contributed by atoms with Crippen LogP contribution in [0.1, 0.15) is 22.3 Å². The van der Waals surface area contributed by atoms with Crippen LogP contribution in [-0.2, 0) is 19.5 Å². The molecule has 9 aromatic rings. The minimum absolute atomic E-state index is 0.613. The lowest BCUT2D eigenvalue weighted by molar-refractivity contribution is 0.768. The highest BCUT2D eigenvalue weighted by Crippen LogP contribution is 2.57. The maximum atomic E-state index is 5.21. The van der Waals surface area contributed by atoms with Crippen molar-refractivity contribution in [2.75, 3.05) is 0 Å². The molecule has 0 unspecified atom stereocenters. The Morgan fingerprint density at radius 2 is 0.882 bits per heavy atom. The number of aromatic nitrogens is 4. The number of aryl methyl sites for hydroxylation is 2. The van der Waals surface area contributed by atoms with Crippen molar-refractivity contribution in [1.29, 1.82) is 0 Å². The van der Waals surface area contributed by atoms with Gasteiger partial charge in [0.15, 0.2) is 0 Å². The van der Waals surface area contributed by atoms with Gasteiger partial charge in [-0.2, -0.15) is 0 Å². The molecule has 2 aromatic heterocycles. The molecule has 4 heteroatoms. The summed E-state index contributed by atoms with van der Waals surface area (Å²) in [6, 6.07) is 61.5. The van der Waals surface area contributed by atoms with Gasteiger partial charge in [0, 0.05) is 25.2 Å². The average Bonchev–Trinajstić information content (AvgIpc) is 3.82. The van der Waals surface area contributed by atoms with E-state index in [-0.39, 0.29) is 0 Å². The lowest BCUT2D eigenvalue weighted by atomic mass is 9.66. The zero-order valence-corrected chi connectivity index (χ0v) is 28.5. The number of benzene rings is 7. The standard InChI is InChI=1S/C47H34N4/c1-50-43-25-12-10-23-41(43)48-45(50)32-17-14-18-35(28-32)47(39-21-8-6-19-37(39)38-20-7-9-22-40(38)47)36-29-33(31-15-4-3-5-16-31)27-34(30-36)46-49-42-24-11-13-26-44(42)51(46)2/h3-30H,1-2H3. The predicted molar refractivity (Wildman–Crippen MR) is 209 cm³/mol. The molecule has 0 bridgehead atoms. The smallest absolute Gasteiger partial charge is 0.140 e. The second-order valence-electron chi connectivity index (χ2n) is 13.6. The van der Waals surface area contributed by atoms with Gasteiger partial charge in [0.25, 0.3) is 0 Å². The molecule has 0 radical (unpaired) electrons. The van der Waals surface area contributed by atoms with E-state index in [0.717, 1.165) is 50.4 Å². The fraction of sp³-hybridized carbons (Fsp3) is 0.0638. The van der Waals surface area contributed by atoms with Gasteiger partial charge in [-0.05, 0) is 93.0 Å². The summed E-state index contributed by atoms with van der Waals surface area (Å²) in [5, 5.41) is 0. The SMILES string of the molecule is Cn1c(-c2cccc(C3(c4cc(-c5ccccc5)cc(-c5nc6ccccc6n5C)c4)c4ccccc4-c4ccccc43)c2)nc2ccccc21. The quantitative estimate of drug-likeness (QED) is 0.185. The van der Waals surface area contributed by atoms with Crippen LogP contribution in [0.4, 0.5) is 0 Å². The van der Waals surface area contributed by atoms with Crippen molar-refractivity contribution < 1.29 is 0 Å². The molecule has 7 aromatic carbocycles. The maximum Gasteiger partial charge on any atom is 0.140 e. The van der Waals surface area contributed by atoms with E-state index in [1.165, 1.54) is 38.9 Å². The molecule has 2 heterocycles.